The minimum atomic E-state index is -4.64. The second kappa shape index (κ2) is 5.16. The predicted octanol–water partition coefficient (Wildman–Crippen LogP) is 2.78. The molecule has 0 aromatic heterocycles. The van der Waals surface area contributed by atoms with E-state index in [1.165, 1.54) is 6.07 Å². The van der Waals surface area contributed by atoms with Crippen molar-refractivity contribution in [2.45, 2.75) is 25.6 Å². The third-order valence-electron chi connectivity index (χ3n) is 3.04. The van der Waals surface area contributed by atoms with Gasteiger partial charge in [-0.3, -0.25) is 9.80 Å². The number of ketones is 1. The second-order valence-corrected chi connectivity index (χ2v) is 4.50. The van der Waals surface area contributed by atoms with Crippen LogP contribution in [-0.2, 0) is 4.79 Å². The summed E-state index contributed by atoms with van der Waals surface area (Å²) in [6.07, 6.45) is -5.21. The first-order chi connectivity index (χ1) is 9.74. The van der Waals surface area contributed by atoms with E-state index < -0.39 is 36.0 Å². The highest BCUT2D eigenvalue weighted by atomic mass is 19.4. The van der Waals surface area contributed by atoms with Gasteiger partial charge in [0, 0.05) is 6.42 Å². The fraction of sp³-hybridized carbons (Fsp3) is 0.308. The van der Waals surface area contributed by atoms with Crippen LogP contribution >= 0.6 is 0 Å². The molecule has 4 nitrogen and oxygen atoms in total. The lowest BCUT2D eigenvalue weighted by molar-refractivity contribution is -0.118. The Labute approximate surface area is 117 Å². The lowest BCUT2D eigenvalue weighted by Crippen LogP contribution is -2.33. The predicted molar refractivity (Wildman–Crippen MR) is 66.2 cm³/mol. The lowest BCUT2D eigenvalue weighted by atomic mass is 10.1. The van der Waals surface area contributed by atoms with Gasteiger partial charge < -0.3 is 0 Å². The van der Waals surface area contributed by atoms with Gasteiger partial charge in [-0.2, -0.15) is 23.5 Å². The first kappa shape index (κ1) is 15.0. The molecule has 0 fully saturated rings. The fourth-order valence-corrected chi connectivity index (χ4v) is 1.98. The molecule has 0 aliphatic carbocycles. The maximum atomic E-state index is 13.3. The molecule has 1 unspecified atom stereocenters. The smallest absolute Gasteiger partial charge is 0.298 e. The average molecular weight is 299 g/mol. The van der Waals surface area contributed by atoms with E-state index in [-0.39, 0.29) is 11.3 Å². The summed E-state index contributed by atoms with van der Waals surface area (Å²) in [7, 11) is 0. The minimum absolute atomic E-state index is 0.0624. The standard InChI is InChI=1S/C13H9F4N3O/c1-7(21)11-5-12(13(15,16)17)19-20(11)9-2-3-10(14)8(4-9)6-18/h2-4,11H,5H2,1H3. The molecule has 0 amide bonds. The molecule has 0 saturated carbocycles. The van der Waals surface area contributed by atoms with Crippen LogP contribution in [0.25, 0.3) is 0 Å². The van der Waals surface area contributed by atoms with Gasteiger partial charge in [-0.25, -0.2) is 4.39 Å². The van der Waals surface area contributed by atoms with Crippen LogP contribution in [-0.4, -0.2) is 23.7 Å². The molecule has 1 aromatic rings. The number of hydrogen-bond acceptors (Lipinski definition) is 4. The lowest BCUT2D eigenvalue weighted by Gasteiger charge is -2.21. The van der Waals surface area contributed by atoms with Gasteiger partial charge in [0.15, 0.2) is 5.78 Å². The number of hydrogen-bond donors (Lipinski definition) is 0. The van der Waals surface area contributed by atoms with Gasteiger partial charge in [-0.15, -0.1) is 0 Å². The van der Waals surface area contributed by atoms with Crippen LogP contribution in [0.1, 0.15) is 18.9 Å². The van der Waals surface area contributed by atoms with Gasteiger partial charge in [0.1, 0.15) is 23.6 Å². The molecule has 2 rings (SSSR count). The Morgan fingerprint density at radius 2 is 2.14 bits per heavy atom. The third kappa shape index (κ3) is 2.86. The Morgan fingerprint density at radius 1 is 1.48 bits per heavy atom. The van der Waals surface area contributed by atoms with E-state index in [1.807, 2.05) is 0 Å². The van der Waals surface area contributed by atoms with Crippen LogP contribution in [0.3, 0.4) is 0 Å². The van der Waals surface area contributed by atoms with Crippen molar-refractivity contribution in [3.8, 4) is 6.07 Å². The second-order valence-electron chi connectivity index (χ2n) is 4.50. The molecular weight excluding hydrogens is 290 g/mol. The highest BCUT2D eigenvalue weighted by Crippen LogP contribution is 2.32. The molecule has 0 radical (unpaired) electrons. The summed E-state index contributed by atoms with van der Waals surface area (Å²) in [4.78, 5) is 11.5. The van der Waals surface area contributed by atoms with E-state index in [1.54, 1.807) is 6.07 Å². The van der Waals surface area contributed by atoms with Gasteiger partial charge in [0.05, 0.1) is 11.3 Å². The highest BCUT2D eigenvalue weighted by molar-refractivity contribution is 6.00. The van der Waals surface area contributed by atoms with E-state index in [9.17, 15) is 22.4 Å². The molecular formula is C13H9F4N3O. The van der Waals surface area contributed by atoms with Crippen LogP contribution < -0.4 is 5.01 Å². The number of nitrogens with zero attached hydrogens (tertiary/aromatic N) is 3. The number of carbonyl (C=O) groups excluding carboxylic acids is 1. The van der Waals surface area contributed by atoms with Crippen molar-refractivity contribution < 1.29 is 22.4 Å². The third-order valence-corrected chi connectivity index (χ3v) is 3.04. The molecule has 21 heavy (non-hydrogen) atoms. The number of rotatable bonds is 2. The Bertz CT molecular complexity index is 660. The van der Waals surface area contributed by atoms with Gasteiger partial charge in [0.2, 0.25) is 0 Å². The zero-order valence-corrected chi connectivity index (χ0v) is 10.8. The van der Waals surface area contributed by atoms with Crippen LogP contribution in [0.2, 0.25) is 0 Å². The van der Waals surface area contributed by atoms with Crippen molar-refractivity contribution in [3.05, 3.63) is 29.6 Å². The van der Waals surface area contributed by atoms with Gasteiger partial charge in [-0.1, -0.05) is 0 Å². The Balaban J connectivity index is 2.46. The van der Waals surface area contributed by atoms with Gasteiger partial charge in [0.25, 0.3) is 0 Å². The maximum absolute atomic E-state index is 13.3. The summed E-state index contributed by atoms with van der Waals surface area (Å²) < 4.78 is 51.4. The number of benzene rings is 1. The number of hydrazone groups is 1. The first-order valence-corrected chi connectivity index (χ1v) is 5.88. The van der Waals surface area contributed by atoms with Crippen LogP contribution in [0.4, 0.5) is 23.2 Å². The number of nitriles is 1. The van der Waals surface area contributed by atoms with E-state index in [4.69, 9.17) is 5.26 Å². The van der Waals surface area contributed by atoms with Crippen LogP contribution in [0.15, 0.2) is 23.3 Å². The minimum Gasteiger partial charge on any atom is -0.298 e. The van der Waals surface area contributed by atoms with Gasteiger partial charge >= 0.3 is 6.18 Å². The molecule has 8 heteroatoms. The van der Waals surface area contributed by atoms with Crippen LogP contribution in [0.5, 0.6) is 0 Å². The summed E-state index contributed by atoms with van der Waals surface area (Å²) in [5, 5.41) is 13.0. The molecule has 0 N–H and O–H groups in total. The maximum Gasteiger partial charge on any atom is 0.431 e. The average Bonchev–Trinajstić information content (AvgIpc) is 2.84. The number of alkyl halides is 3. The van der Waals surface area contributed by atoms with Crippen molar-refractivity contribution in [2.75, 3.05) is 5.01 Å². The van der Waals surface area contributed by atoms with Crippen molar-refractivity contribution in [1.29, 1.82) is 5.26 Å². The summed E-state index contributed by atoms with van der Waals surface area (Å²) in [6.45, 7) is 1.15. The summed E-state index contributed by atoms with van der Waals surface area (Å²) in [6, 6.07) is 3.66. The topological polar surface area (TPSA) is 56.5 Å². The number of halogens is 4. The Morgan fingerprint density at radius 3 is 2.67 bits per heavy atom. The van der Waals surface area contributed by atoms with Crippen LogP contribution in [0, 0.1) is 17.1 Å². The first-order valence-electron chi connectivity index (χ1n) is 5.88. The number of anilines is 1. The van der Waals surface area contributed by atoms with Crippen molar-refractivity contribution >= 4 is 17.2 Å². The highest BCUT2D eigenvalue weighted by Gasteiger charge is 2.44. The monoisotopic (exact) mass is 299 g/mol. The summed E-state index contributed by atoms with van der Waals surface area (Å²) in [5.74, 6) is -1.29. The molecule has 1 aromatic carbocycles. The van der Waals surface area contributed by atoms with Crippen molar-refractivity contribution in [1.82, 2.24) is 0 Å². The fourth-order valence-electron chi connectivity index (χ4n) is 1.98. The van der Waals surface area contributed by atoms with E-state index in [0.29, 0.717) is 0 Å². The molecule has 0 spiro atoms. The molecule has 110 valence electrons. The van der Waals surface area contributed by atoms with E-state index in [0.717, 1.165) is 24.1 Å². The zero-order chi connectivity index (χ0) is 15.8. The van der Waals surface area contributed by atoms with Crippen molar-refractivity contribution in [2.24, 2.45) is 5.10 Å². The Kier molecular flexibility index (Phi) is 3.68. The zero-order valence-electron chi connectivity index (χ0n) is 10.8. The normalized spacial score (nSPS) is 18.4. The number of Topliss-reactive ketones (excluding diaryl/α,β-unsaturated/α-hetero) is 1. The summed E-state index contributed by atoms with van der Waals surface area (Å²) >= 11 is 0. The van der Waals surface area contributed by atoms with E-state index >= 15 is 0 Å². The van der Waals surface area contributed by atoms with Crippen molar-refractivity contribution in [3.63, 3.8) is 0 Å². The Hall–Kier alpha value is -2.43. The van der Waals surface area contributed by atoms with E-state index in [2.05, 4.69) is 5.10 Å². The molecule has 0 bridgehead atoms. The largest absolute Gasteiger partial charge is 0.431 e. The quantitative estimate of drug-likeness (QED) is 0.789. The molecule has 1 atom stereocenters. The molecule has 1 aliphatic rings. The molecule has 1 heterocycles. The molecule has 1 aliphatic heterocycles. The molecule has 0 saturated heterocycles. The number of carbonyl (C=O) groups is 1. The van der Waals surface area contributed by atoms with Gasteiger partial charge in [-0.05, 0) is 25.1 Å². The SMILES string of the molecule is CC(=O)C1CC(C(F)(F)F)=NN1c1ccc(F)c(C#N)c1. The summed E-state index contributed by atoms with van der Waals surface area (Å²) in [5.41, 5.74) is -1.34.